The number of carboxylic acid groups (broad SMARTS) is 1. The van der Waals surface area contributed by atoms with Gasteiger partial charge in [-0.1, -0.05) is 42.2 Å². The number of hydrogen-bond donors (Lipinski definition) is 2. The predicted octanol–water partition coefficient (Wildman–Crippen LogP) is 2.82. The van der Waals surface area contributed by atoms with Crippen LogP contribution in [0.3, 0.4) is 0 Å². The third-order valence-electron chi connectivity index (χ3n) is 4.76. The molecule has 34 heavy (non-hydrogen) atoms. The second-order valence-electron chi connectivity index (χ2n) is 7.15. The van der Waals surface area contributed by atoms with Gasteiger partial charge in [-0.25, -0.2) is 0 Å². The quantitative estimate of drug-likeness (QED) is 0.300. The van der Waals surface area contributed by atoms with Gasteiger partial charge in [-0.15, -0.1) is 0 Å². The third kappa shape index (κ3) is 6.13. The highest BCUT2D eigenvalue weighted by molar-refractivity contribution is 8.26. The van der Waals surface area contributed by atoms with E-state index in [9.17, 15) is 14.4 Å². The number of thiocarbonyl (C=S) groups is 1. The maximum Gasteiger partial charge on any atom is 0.323 e. The van der Waals surface area contributed by atoms with Crippen LogP contribution in [0.25, 0.3) is 6.08 Å². The minimum Gasteiger partial charge on any atom is -0.493 e. The van der Waals surface area contributed by atoms with E-state index in [1.165, 1.54) is 14.2 Å². The van der Waals surface area contributed by atoms with Crippen LogP contribution in [0.2, 0.25) is 0 Å². The molecule has 1 heterocycles. The lowest BCUT2D eigenvalue weighted by Gasteiger charge is -2.13. The van der Waals surface area contributed by atoms with Gasteiger partial charge in [0.1, 0.15) is 22.7 Å². The average molecular weight is 503 g/mol. The zero-order valence-corrected chi connectivity index (χ0v) is 20.0. The number of esters is 1. The summed E-state index contributed by atoms with van der Waals surface area (Å²) in [5.74, 6) is -0.627. The van der Waals surface area contributed by atoms with Crippen molar-refractivity contribution >= 4 is 52.2 Å². The molecule has 1 fully saturated rings. The Hall–Kier alpha value is -3.41. The molecule has 11 heteroatoms. The van der Waals surface area contributed by atoms with E-state index < -0.39 is 30.4 Å². The minimum absolute atomic E-state index is 0.196. The van der Waals surface area contributed by atoms with Gasteiger partial charge in [-0.3, -0.25) is 19.3 Å². The number of ether oxygens (including phenoxy) is 3. The van der Waals surface area contributed by atoms with Gasteiger partial charge in [0.15, 0.2) is 11.5 Å². The Bertz CT molecular complexity index is 1150. The number of carbonyl (C=O) groups excluding carboxylic acids is 2. The minimum atomic E-state index is -1.14. The topological polar surface area (TPSA) is 128 Å². The average Bonchev–Trinajstić information content (AvgIpc) is 3.07. The summed E-state index contributed by atoms with van der Waals surface area (Å²) in [7, 11) is 2.79. The molecule has 0 unspecified atom stereocenters. The largest absolute Gasteiger partial charge is 0.493 e. The molecule has 9 nitrogen and oxygen atoms in total. The highest BCUT2D eigenvalue weighted by Crippen LogP contribution is 2.36. The van der Waals surface area contributed by atoms with Crippen molar-refractivity contribution in [1.82, 2.24) is 4.90 Å². The van der Waals surface area contributed by atoms with Crippen molar-refractivity contribution in [3.63, 3.8) is 0 Å². The Kier molecular flexibility index (Phi) is 8.26. The number of thioether (sulfide) groups is 1. The van der Waals surface area contributed by atoms with E-state index in [0.29, 0.717) is 34.1 Å². The number of carbonyl (C=O) groups is 3. The van der Waals surface area contributed by atoms with Crippen LogP contribution in [0.1, 0.15) is 11.1 Å². The molecule has 2 aromatic carbocycles. The summed E-state index contributed by atoms with van der Waals surface area (Å²) in [6, 6.07) is 11.5. The molecule has 178 valence electrons. The smallest absolute Gasteiger partial charge is 0.323 e. The van der Waals surface area contributed by atoms with E-state index in [2.05, 4.69) is 4.74 Å². The van der Waals surface area contributed by atoms with E-state index in [1.54, 1.807) is 48.5 Å². The first-order valence-corrected chi connectivity index (χ1v) is 11.2. The lowest BCUT2D eigenvalue weighted by molar-refractivity contribution is -0.142. The molecule has 1 atom stereocenters. The van der Waals surface area contributed by atoms with Gasteiger partial charge in [0.05, 0.1) is 19.1 Å². The number of nitrogens with two attached hydrogens (primary N) is 1. The second kappa shape index (κ2) is 11.1. The summed E-state index contributed by atoms with van der Waals surface area (Å²) in [5.41, 5.74) is 7.31. The number of nitrogens with zero attached hydrogens (tertiary/aromatic N) is 1. The number of aliphatic carboxylic acids is 1. The van der Waals surface area contributed by atoms with Crippen LogP contribution in [-0.2, 0) is 25.5 Å². The summed E-state index contributed by atoms with van der Waals surface area (Å²) >= 11 is 6.15. The fraction of sp³-hybridized carbons (Fsp3) is 0.217. The van der Waals surface area contributed by atoms with Crippen LogP contribution in [0.4, 0.5) is 0 Å². The van der Waals surface area contributed by atoms with E-state index in [0.717, 1.165) is 22.2 Å². The molecule has 0 saturated carbocycles. The Balaban J connectivity index is 1.73. The van der Waals surface area contributed by atoms with E-state index in [4.69, 9.17) is 32.5 Å². The Morgan fingerprint density at radius 3 is 2.50 bits per heavy atom. The molecule has 0 radical (unpaired) electrons. The molecule has 1 saturated heterocycles. The predicted molar refractivity (Wildman–Crippen MR) is 131 cm³/mol. The van der Waals surface area contributed by atoms with Crippen molar-refractivity contribution in [3.05, 3.63) is 58.5 Å². The standard InChI is InChI=1S/C23H22N2O7S2/c1-30-18-10-14(11-19-21(28)25(12-20(26)27)23(33)34-19)5-8-17(18)32-15-6-3-13(4-7-15)9-16(24)22(29)31-2/h3-8,10-11,16H,9,12,24H2,1-2H3,(H,26,27)/b19-11-/t16-/m0/s1. The molecule has 1 aliphatic heterocycles. The molecular formula is C23H22N2O7S2. The van der Waals surface area contributed by atoms with Crippen molar-refractivity contribution in [2.75, 3.05) is 20.8 Å². The Labute approximate surface area is 205 Å². The summed E-state index contributed by atoms with van der Waals surface area (Å²) in [5, 5.41) is 8.95. The first-order valence-electron chi connectivity index (χ1n) is 9.97. The summed E-state index contributed by atoms with van der Waals surface area (Å²) in [6.07, 6.45) is 1.95. The number of rotatable bonds is 9. The first kappa shape index (κ1) is 25.2. The molecule has 0 spiro atoms. The lowest BCUT2D eigenvalue weighted by atomic mass is 10.1. The van der Waals surface area contributed by atoms with Crippen molar-refractivity contribution in [1.29, 1.82) is 0 Å². The van der Waals surface area contributed by atoms with Crippen LogP contribution in [0, 0.1) is 0 Å². The Morgan fingerprint density at radius 2 is 1.88 bits per heavy atom. The van der Waals surface area contributed by atoms with Crippen molar-refractivity contribution in [2.45, 2.75) is 12.5 Å². The van der Waals surface area contributed by atoms with Crippen LogP contribution in [-0.4, -0.2) is 59.0 Å². The van der Waals surface area contributed by atoms with Crippen molar-refractivity contribution in [3.8, 4) is 17.2 Å². The molecule has 2 aromatic rings. The number of amides is 1. The maximum absolute atomic E-state index is 12.5. The van der Waals surface area contributed by atoms with Gasteiger partial charge >= 0.3 is 11.9 Å². The van der Waals surface area contributed by atoms with Gasteiger partial charge in [0.2, 0.25) is 0 Å². The normalized spacial score (nSPS) is 15.4. The SMILES string of the molecule is COC(=O)[C@@H](N)Cc1ccc(Oc2ccc(/C=C3\SC(=S)N(CC(=O)O)C3=O)cc2OC)cc1. The second-order valence-corrected chi connectivity index (χ2v) is 8.83. The van der Waals surface area contributed by atoms with E-state index in [-0.39, 0.29) is 4.32 Å². The summed E-state index contributed by atoms with van der Waals surface area (Å²) in [4.78, 5) is 36.3. The number of methoxy groups -OCH3 is 2. The molecule has 0 bridgehead atoms. The van der Waals surface area contributed by atoms with E-state index in [1.807, 2.05) is 0 Å². The van der Waals surface area contributed by atoms with Gasteiger partial charge < -0.3 is 25.1 Å². The van der Waals surface area contributed by atoms with Crippen LogP contribution >= 0.6 is 24.0 Å². The monoisotopic (exact) mass is 502 g/mol. The lowest BCUT2D eigenvalue weighted by Crippen LogP contribution is -2.33. The molecule has 1 aliphatic rings. The number of benzene rings is 2. The Morgan fingerprint density at radius 1 is 1.18 bits per heavy atom. The first-order chi connectivity index (χ1) is 16.2. The fourth-order valence-corrected chi connectivity index (χ4v) is 4.35. The molecule has 3 N–H and O–H groups in total. The van der Waals surface area contributed by atoms with Crippen molar-refractivity contribution in [2.24, 2.45) is 5.73 Å². The third-order valence-corrected chi connectivity index (χ3v) is 6.14. The van der Waals surface area contributed by atoms with Crippen molar-refractivity contribution < 1.29 is 33.7 Å². The molecule has 1 amide bonds. The van der Waals surface area contributed by atoms with Gasteiger partial charge in [-0.2, -0.15) is 0 Å². The van der Waals surface area contributed by atoms with Gasteiger partial charge in [-0.05, 0) is 47.9 Å². The molecular weight excluding hydrogens is 480 g/mol. The summed E-state index contributed by atoms with van der Waals surface area (Å²) in [6.45, 7) is -0.481. The van der Waals surface area contributed by atoms with Gasteiger partial charge in [0, 0.05) is 0 Å². The highest BCUT2D eigenvalue weighted by atomic mass is 32.2. The van der Waals surface area contributed by atoms with E-state index >= 15 is 0 Å². The van der Waals surface area contributed by atoms with Gasteiger partial charge in [0.25, 0.3) is 5.91 Å². The highest BCUT2D eigenvalue weighted by Gasteiger charge is 2.33. The summed E-state index contributed by atoms with van der Waals surface area (Å²) < 4.78 is 16.2. The van der Waals surface area contributed by atoms with Crippen LogP contribution < -0.4 is 15.2 Å². The molecule has 0 aromatic heterocycles. The van der Waals surface area contributed by atoms with Crippen LogP contribution in [0.5, 0.6) is 17.2 Å². The number of hydrogen-bond acceptors (Lipinski definition) is 9. The number of carboxylic acids is 1. The molecule has 3 rings (SSSR count). The molecule has 0 aliphatic carbocycles. The fourth-order valence-electron chi connectivity index (χ4n) is 3.09. The zero-order chi connectivity index (χ0) is 24.8. The van der Waals surface area contributed by atoms with Crippen LogP contribution in [0.15, 0.2) is 47.4 Å². The maximum atomic E-state index is 12.5. The zero-order valence-electron chi connectivity index (χ0n) is 18.3.